The second kappa shape index (κ2) is 5.34. The number of carbonyl (C=O) groups is 1. The quantitative estimate of drug-likeness (QED) is 0.623. The maximum Gasteiger partial charge on any atom is 0.340 e. The van der Waals surface area contributed by atoms with Gasteiger partial charge < -0.3 is 15.4 Å². The van der Waals surface area contributed by atoms with Gasteiger partial charge in [0.25, 0.3) is 0 Å². The lowest BCUT2D eigenvalue weighted by atomic mass is 10.1. The first-order valence-corrected chi connectivity index (χ1v) is 4.86. The molecule has 0 aliphatic rings. The molecule has 4 nitrogen and oxygen atoms in total. The highest BCUT2D eigenvalue weighted by molar-refractivity contribution is 5.96. The van der Waals surface area contributed by atoms with E-state index in [1.54, 1.807) is 31.1 Å². The fourth-order valence-corrected chi connectivity index (χ4v) is 1.32. The van der Waals surface area contributed by atoms with E-state index in [-0.39, 0.29) is 6.61 Å². The van der Waals surface area contributed by atoms with Crippen LogP contribution in [0, 0.1) is 0 Å². The van der Waals surface area contributed by atoms with E-state index in [4.69, 9.17) is 10.5 Å². The molecule has 88 valence electrons. The van der Waals surface area contributed by atoms with Crippen molar-refractivity contribution >= 4 is 17.3 Å². The van der Waals surface area contributed by atoms with Gasteiger partial charge in [-0.2, -0.15) is 0 Å². The summed E-state index contributed by atoms with van der Waals surface area (Å²) in [7, 11) is 3.61. The Labute approximate surface area is 93.8 Å². The molecule has 16 heavy (non-hydrogen) atoms. The van der Waals surface area contributed by atoms with Crippen molar-refractivity contribution in [2.75, 3.05) is 38.0 Å². The van der Waals surface area contributed by atoms with Crippen molar-refractivity contribution < 1.29 is 13.9 Å². The highest BCUT2D eigenvalue weighted by Gasteiger charge is 2.14. The van der Waals surface area contributed by atoms with E-state index in [1.807, 2.05) is 0 Å². The first-order valence-electron chi connectivity index (χ1n) is 4.86. The summed E-state index contributed by atoms with van der Waals surface area (Å²) in [5.41, 5.74) is 7.10. The van der Waals surface area contributed by atoms with Gasteiger partial charge >= 0.3 is 5.97 Å². The summed E-state index contributed by atoms with van der Waals surface area (Å²) in [6.07, 6.45) is 0. The highest BCUT2D eigenvalue weighted by atomic mass is 19.1. The van der Waals surface area contributed by atoms with Crippen LogP contribution < -0.4 is 10.6 Å². The average Bonchev–Trinajstić information content (AvgIpc) is 2.25. The van der Waals surface area contributed by atoms with E-state index in [2.05, 4.69) is 0 Å². The smallest absolute Gasteiger partial charge is 0.340 e. The van der Waals surface area contributed by atoms with Crippen LogP contribution in [0.1, 0.15) is 10.4 Å². The minimum absolute atomic E-state index is 0.236. The van der Waals surface area contributed by atoms with E-state index in [1.165, 1.54) is 6.07 Å². The summed E-state index contributed by atoms with van der Waals surface area (Å²) >= 11 is 0. The minimum Gasteiger partial charge on any atom is -0.459 e. The number of rotatable bonds is 4. The zero-order valence-electron chi connectivity index (χ0n) is 9.37. The molecule has 0 aliphatic heterocycles. The van der Waals surface area contributed by atoms with Gasteiger partial charge in [0.1, 0.15) is 13.3 Å². The van der Waals surface area contributed by atoms with Crippen LogP contribution in [0.15, 0.2) is 18.2 Å². The molecule has 5 heteroatoms. The molecule has 2 N–H and O–H groups in total. The van der Waals surface area contributed by atoms with Crippen LogP contribution in [0.25, 0.3) is 0 Å². The van der Waals surface area contributed by atoms with Gasteiger partial charge in [-0.3, -0.25) is 0 Å². The molecule has 0 fully saturated rings. The first kappa shape index (κ1) is 12.3. The largest absolute Gasteiger partial charge is 0.459 e. The number of esters is 1. The molecule has 0 saturated carbocycles. The van der Waals surface area contributed by atoms with Crippen LogP contribution in [-0.4, -0.2) is 33.3 Å². The molecule has 0 radical (unpaired) electrons. The molecule has 0 bridgehead atoms. The van der Waals surface area contributed by atoms with Gasteiger partial charge in [-0.05, 0) is 18.2 Å². The number of halogens is 1. The van der Waals surface area contributed by atoms with Gasteiger partial charge in [-0.25, -0.2) is 9.18 Å². The molecule has 1 rings (SSSR count). The predicted octanol–water partition coefficient (Wildman–Crippen LogP) is 1.46. The van der Waals surface area contributed by atoms with Crippen molar-refractivity contribution in [1.82, 2.24) is 0 Å². The molecular weight excluding hydrogens is 211 g/mol. The minimum atomic E-state index is -0.689. The third-order valence-electron chi connectivity index (χ3n) is 2.03. The molecule has 0 aromatic heterocycles. The fraction of sp³-hybridized carbons (Fsp3) is 0.364. The number of benzene rings is 1. The standard InChI is InChI=1S/C11H15FN2O2/c1-14(2)10-4-3-8(13)7-9(10)11(15)16-6-5-12/h3-4,7H,5-6,13H2,1-2H3. The Morgan fingerprint density at radius 3 is 2.75 bits per heavy atom. The first-order chi connectivity index (χ1) is 7.56. The molecule has 0 saturated heterocycles. The van der Waals surface area contributed by atoms with Crippen LogP contribution in [-0.2, 0) is 4.74 Å². The Morgan fingerprint density at radius 1 is 1.50 bits per heavy atom. The van der Waals surface area contributed by atoms with Crippen molar-refractivity contribution in [3.8, 4) is 0 Å². The number of hydrogen-bond acceptors (Lipinski definition) is 4. The Balaban J connectivity index is 3.00. The van der Waals surface area contributed by atoms with Crippen molar-refractivity contribution in [2.45, 2.75) is 0 Å². The molecule has 0 unspecified atom stereocenters. The Bertz CT molecular complexity index is 380. The van der Waals surface area contributed by atoms with Gasteiger partial charge in [-0.1, -0.05) is 0 Å². The van der Waals surface area contributed by atoms with E-state index in [0.717, 1.165) is 0 Å². The van der Waals surface area contributed by atoms with Gasteiger partial charge in [-0.15, -0.1) is 0 Å². The molecule has 1 aromatic carbocycles. The van der Waals surface area contributed by atoms with Crippen LogP contribution in [0.5, 0.6) is 0 Å². The average molecular weight is 226 g/mol. The lowest BCUT2D eigenvalue weighted by molar-refractivity contribution is 0.0482. The molecule has 0 aliphatic carbocycles. The van der Waals surface area contributed by atoms with Gasteiger partial charge in [0.05, 0.1) is 11.3 Å². The number of nitrogens with two attached hydrogens (primary N) is 1. The zero-order valence-corrected chi connectivity index (χ0v) is 9.37. The van der Waals surface area contributed by atoms with Crippen LogP contribution >= 0.6 is 0 Å². The summed E-state index contributed by atoms with van der Waals surface area (Å²) in [4.78, 5) is 13.4. The highest BCUT2D eigenvalue weighted by Crippen LogP contribution is 2.22. The zero-order chi connectivity index (χ0) is 12.1. The molecule has 0 heterocycles. The molecule has 0 spiro atoms. The number of anilines is 2. The number of ether oxygens (including phenoxy) is 1. The topological polar surface area (TPSA) is 55.6 Å². The number of nitrogen functional groups attached to an aromatic ring is 1. The van der Waals surface area contributed by atoms with E-state index >= 15 is 0 Å². The van der Waals surface area contributed by atoms with Gasteiger partial charge in [0.2, 0.25) is 0 Å². The SMILES string of the molecule is CN(C)c1ccc(N)cc1C(=O)OCCF. The summed E-state index contributed by atoms with van der Waals surface area (Å²) in [5.74, 6) is -0.561. The Kier molecular flexibility index (Phi) is 4.10. The molecule has 1 aromatic rings. The normalized spacial score (nSPS) is 9.94. The third kappa shape index (κ3) is 2.85. The monoisotopic (exact) mass is 226 g/mol. The lowest BCUT2D eigenvalue weighted by Gasteiger charge is -2.16. The Morgan fingerprint density at radius 2 is 2.19 bits per heavy atom. The number of carbonyl (C=O) groups excluding carboxylic acids is 1. The molecule has 0 atom stereocenters. The van der Waals surface area contributed by atoms with Crippen molar-refractivity contribution in [3.05, 3.63) is 23.8 Å². The molecule has 0 amide bonds. The van der Waals surface area contributed by atoms with Crippen molar-refractivity contribution in [1.29, 1.82) is 0 Å². The van der Waals surface area contributed by atoms with E-state index < -0.39 is 12.6 Å². The lowest BCUT2D eigenvalue weighted by Crippen LogP contribution is -2.16. The van der Waals surface area contributed by atoms with Crippen LogP contribution in [0.3, 0.4) is 0 Å². The van der Waals surface area contributed by atoms with Gasteiger partial charge in [0, 0.05) is 19.8 Å². The van der Waals surface area contributed by atoms with Crippen molar-refractivity contribution in [2.24, 2.45) is 0 Å². The van der Waals surface area contributed by atoms with E-state index in [9.17, 15) is 9.18 Å². The summed E-state index contributed by atoms with van der Waals surface area (Å²) in [6, 6.07) is 4.94. The summed E-state index contributed by atoms with van der Waals surface area (Å²) < 4.78 is 16.6. The van der Waals surface area contributed by atoms with Crippen LogP contribution in [0.2, 0.25) is 0 Å². The fourth-order valence-electron chi connectivity index (χ4n) is 1.32. The van der Waals surface area contributed by atoms with E-state index in [0.29, 0.717) is 16.9 Å². The maximum absolute atomic E-state index is 11.9. The van der Waals surface area contributed by atoms with Gasteiger partial charge in [0.15, 0.2) is 0 Å². The Hall–Kier alpha value is -1.78. The third-order valence-corrected chi connectivity index (χ3v) is 2.03. The van der Waals surface area contributed by atoms with Crippen molar-refractivity contribution in [3.63, 3.8) is 0 Å². The number of nitrogens with zero attached hydrogens (tertiary/aromatic N) is 1. The van der Waals surface area contributed by atoms with Crippen LogP contribution in [0.4, 0.5) is 15.8 Å². The summed E-state index contributed by atoms with van der Waals surface area (Å²) in [6.45, 7) is -0.925. The summed E-state index contributed by atoms with van der Waals surface area (Å²) in [5, 5.41) is 0. The maximum atomic E-state index is 11.9. The number of alkyl halides is 1. The molecular formula is C11H15FN2O2. The second-order valence-electron chi connectivity index (χ2n) is 3.50. The second-order valence-corrected chi connectivity index (χ2v) is 3.50. The predicted molar refractivity (Wildman–Crippen MR) is 61.4 cm³/mol. The number of hydrogen-bond donors (Lipinski definition) is 1.